The van der Waals surface area contributed by atoms with Crippen molar-refractivity contribution < 1.29 is 9.59 Å². The number of carbonyl (C=O) groups is 2. The van der Waals surface area contributed by atoms with Gasteiger partial charge in [-0.2, -0.15) is 0 Å². The van der Waals surface area contributed by atoms with E-state index in [9.17, 15) is 9.59 Å². The first kappa shape index (κ1) is 21.2. The van der Waals surface area contributed by atoms with E-state index in [1.807, 2.05) is 49.1 Å². The van der Waals surface area contributed by atoms with Gasteiger partial charge in [0.1, 0.15) is 0 Å². The van der Waals surface area contributed by atoms with Crippen LogP contribution in [0.15, 0.2) is 42.5 Å². The number of aromatic nitrogens is 1. The lowest BCUT2D eigenvalue weighted by Crippen LogP contribution is -2.28. The molecule has 6 heteroatoms. The molecule has 0 bridgehead atoms. The molecule has 0 saturated carbocycles. The number of likely N-dealkylation sites (tertiary alicyclic amines) is 1. The van der Waals surface area contributed by atoms with Gasteiger partial charge in [0.05, 0.1) is 17.1 Å². The van der Waals surface area contributed by atoms with Crippen molar-refractivity contribution in [3.05, 3.63) is 69.0 Å². The Hall–Kier alpha value is -2.99. The molecule has 4 rings (SSSR count). The van der Waals surface area contributed by atoms with Gasteiger partial charge in [-0.05, 0) is 51.3 Å². The molecule has 160 valence electrons. The molecule has 1 fully saturated rings. The average molecular weight is 434 g/mol. The smallest absolute Gasteiger partial charge is 0.254 e. The molecule has 1 N–H and O–H groups in total. The molecule has 5 nitrogen and oxygen atoms in total. The molecule has 3 aromatic rings. The van der Waals surface area contributed by atoms with E-state index in [-0.39, 0.29) is 18.2 Å². The maximum Gasteiger partial charge on any atom is 0.254 e. The van der Waals surface area contributed by atoms with Crippen molar-refractivity contribution in [3.63, 3.8) is 0 Å². The monoisotopic (exact) mass is 433 g/mol. The summed E-state index contributed by atoms with van der Waals surface area (Å²) < 4.78 is 0. The summed E-state index contributed by atoms with van der Waals surface area (Å²) >= 11 is 1.55. The summed E-state index contributed by atoms with van der Waals surface area (Å²) in [6.45, 7) is 7.52. The van der Waals surface area contributed by atoms with Crippen LogP contribution in [0, 0.1) is 20.8 Å². The summed E-state index contributed by atoms with van der Waals surface area (Å²) in [5.41, 5.74) is 5.24. The van der Waals surface area contributed by atoms with E-state index in [0.717, 1.165) is 52.6 Å². The molecule has 31 heavy (non-hydrogen) atoms. The van der Waals surface area contributed by atoms with Gasteiger partial charge in [0, 0.05) is 34.8 Å². The summed E-state index contributed by atoms with van der Waals surface area (Å²) in [6, 6.07) is 13.7. The second kappa shape index (κ2) is 9.02. The largest absolute Gasteiger partial charge is 0.339 e. The predicted molar refractivity (Wildman–Crippen MR) is 126 cm³/mol. The van der Waals surface area contributed by atoms with E-state index in [4.69, 9.17) is 0 Å². The Morgan fingerprint density at radius 2 is 1.74 bits per heavy atom. The quantitative estimate of drug-likeness (QED) is 0.605. The number of anilines is 1. The van der Waals surface area contributed by atoms with Crippen LogP contribution >= 0.6 is 11.3 Å². The van der Waals surface area contributed by atoms with Crippen LogP contribution in [-0.2, 0) is 11.2 Å². The van der Waals surface area contributed by atoms with Gasteiger partial charge in [0.15, 0.2) is 0 Å². The fraction of sp³-hybridized carbons (Fsp3) is 0.320. The van der Waals surface area contributed by atoms with Gasteiger partial charge in [-0.25, -0.2) is 4.98 Å². The lowest BCUT2D eigenvalue weighted by Gasteiger charge is -2.18. The minimum Gasteiger partial charge on any atom is -0.339 e. The Kier molecular flexibility index (Phi) is 6.18. The fourth-order valence-electron chi connectivity index (χ4n) is 3.96. The third kappa shape index (κ3) is 4.69. The zero-order chi connectivity index (χ0) is 22.0. The van der Waals surface area contributed by atoms with Crippen LogP contribution in [0.3, 0.4) is 0 Å². The minimum atomic E-state index is -0.106. The molecule has 2 aromatic carbocycles. The van der Waals surface area contributed by atoms with Crippen molar-refractivity contribution in [3.8, 4) is 11.3 Å². The number of rotatable bonds is 5. The normalized spacial score (nSPS) is 13.5. The SMILES string of the molecule is Cc1ccc(-c2nc(C)sc2CC(=O)Nc2cccc(C(=O)N3CCCC3)c2C)cc1. The molecule has 0 spiro atoms. The highest BCUT2D eigenvalue weighted by Crippen LogP contribution is 2.29. The summed E-state index contributed by atoms with van der Waals surface area (Å²) in [5.74, 6) is -0.0586. The number of carbonyl (C=O) groups excluding carboxylic acids is 2. The van der Waals surface area contributed by atoms with Gasteiger partial charge in [-0.1, -0.05) is 35.9 Å². The zero-order valence-electron chi connectivity index (χ0n) is 18.2. The maximum atomic E-state index is 12.9. The average Bonchev–Trinajstić information content (AvgIpc) is 3.40. The summed E-state index contributed by atoms with van der Waals surface area (Å²) in [5, 5.41) is 3.95. The van der Waals surface area contributed by atoms with E-state index in [1.165, 1.54) is 5.56 Å². The van der Waals surface area contributed by atoms with Gasteiger partial charge in [0.25, 0.3) is 5.91 Å². The minimum absolute atomic E-state index is 0.0471. The van der Waals surface area contributed by atoms with Crippen molar-refractivity contribution >= 4 is 28.8 Å². The number of aryl methyl sites for hydroxylation is 2. The Bertz CT molecular complexity index is 1110. The molecule has 2 amide bonds. The second-order valence-corrected chi connectivity index (χ2v) is 9.36. The number of thiazole rings is 1. The third-order valence-electron chi connectivity index (χ3n) is 5.68. The molecular weight excluding hydrogens is 406 g/mol. The lowest BCUT2D eigenvalue weighted by molar-refractivity contribution is -0.115. The Morgan fingerprint density at radius 1 is 1.03 bits per heavy atom. The van der Waals surface area contributed by atoms with Gasteiger partial charge in [0.2, 0.25) is 5.91 Å². The first-order valence-corrected chi connectivity index (χ1v) is 11.5. The second-order valence-electron chi connectivity index (χ2n) is 8.07. The maximum absolute atomic E-state index is 12.9. The standard InChI is InChI=1S/C25H27N3O2S/c1-16-9-11-19(12-10-16)24-22(31-18(3)26-24)15-23(29)27-21-8-6-7-20(17(21)2)25(30)28-13-4-5-14-28/h6-12H,4-5,13-15H2,1-3H3,(H,27,29). The molecule has 0 unspecified atom stereocenters. The zero-order valence-corrected chi connectivity index (χ0v) is 19.0. The summed E-state index contributed by atoms with van der Waals surface area (Å²) in [4.78, 5) is 33.2. The summed E-state index contributed by atoms with van der Waals surface area (Å²) in [7, 11) is 0. The number of benzene rings is 2. The lowest BCUT2D eigenvalue weighted by atomic mass is 10.0. The topological polar surface area (TPSA) is 62.3 Å². The van der Waals surface area contributed by atoms with Crippen LogP contribution in [0.4, 0.5) is 5.69 Å². The van der Waals surface area contributed by atoms with Crippen molar-refractivity contribution in [2.24, 2.45) is 0 Å². The number of nitrogens with one attached hydrogen (secondary N) is 1. The highest BCUT2D eigenvalue weighted by molar-refractivity contribution is 7.12. The first-order valence-electron chi connectivity index (χ1n) is 10.6. The van der Waals surface area contributed by atoms with Crippen LogP contribution in [0.1, 0.15) is 44.2 Å². The van der Waals surface area contributed by atoms with Crippen LogP contribution in [0.2, 0.25) is 0 Å². The molecule has 1 aromatic heterocycles. The summed E-state index contributed by atoms with van der Waals surface area (Å²) in [6.07, 6.45) is 2.36. The number of amides is 2. The van der Waals surface area contributed by atoms with Crippen molar-refractivity contribution in [1.82, 2.24) is 9.88 Å². The van der Waals surface area contributed by atoms with E-state index >= 15 is 0 Å². The Morgan fingerprint density at radius 3 is 2.45 bits per heavy atom. The molecule has 0 atom stereocenters. The van der Waals surface area contributed by atoms with Crippen molar-refractivity contribution in [2.75, 3.05) is 18.4 Å². The predicted octanol–water partition coefficient (Wildman–Crippen LogP) is 5.15. The molecule has 2 heterocycles. The van der Waals surface area contributed by atoms with Crippen molar-refractivity contribution in [1.29, 1.82) is 0 Å². The fourth-order valence-corrected chi connectivity index (χ4v) is 4.92. The Balaban J connectivity index is 1.52. The van der Waals surface area contributed by atoms with E-state index in [1.54, 1.807) is 11.3 Å². The number of hydrogen-bond acceptors (Lipinski definition) is 4. The highest BCUT2D eigenvalue weighted by Gasteiger charge is 2.22. The molecule has 0 radical (unpaired) electrons. The van der Waals surface area contributed by atoms with Gasteiger partial charge < -0.3 is 10.2 Å². The van der Waals surface area contributed by atoms with Gasteiger partial charge in [-0.15, -0.1) is 11.3 Å². The molecule has 1 saturated heterocycles. The van der Waals surface area contributed by atoms with Crippen LogP contribution in [0.25, 0.3) is 11.3 Å². The van der Waals surface area contributed by atoms with E-state index in [0.29, 0.717) is 11.3 Å². The first-order chi connectivity index (χ1) is 14.9. The highest BCUT2D eigenvalue weighted by atomic mass is 32.1. The van der Waals surface area contributed by atoms with Crippen molar-refractivity contribution in [2.45, 2.75) is 40.0 Å². The van der Waals surface area contributed by atoms with E-state index < -0.39 is 0 Å². The number of nitrogens with zero attached hydrogens (tertiary/aromatic N) is 2. The Labute approximate surface area is 187 Å². The van der Waals surface area contributed by atoms with Crippen LogP contribution in [-0.4, -0.2) is 34.8 Å². The van der Waals surface area contributed by atoms with Gasteiger partial charge in [-0.3, -0.25) is 9.59 Å². The molecule has 1 aliphatic heterocycles. The number of hydrogen-bond donors (Lipinski definition) is 1. The third-order valence-corrected chi connectivity index (χ3v) is 6.65. The molecular formula is C25H27N3O2S. The molecule has 0 aliphatic carbocycles. The van der Waals surface area contributed by atoms with Crippen LogP contribution in [0.5, 0.6) is 0 Å². The molecule has 1 aliphatic rings. The van der Waals surface area contributed by atoms with Crippen LogP contribution < -0.4 is 5.32 Å². The van der Waals surface area contributed by atoms with Gasteiger partial charge >= 0.3 is 0 Å². The van der Waals surface area contributed by atoms with E-state index in [2.05, 4.69) is 29.4 Å².